The Morgan fingerprint density at radius 2 is 1.57 bits per heavy atom. The second-order valence-electron chi connectivity index (χ2n) is 6.65. The first-order valence-electron chi connectivity index (χ1n) is 9.23. The Morgan fingerprint density at radius 1 is 0.900 bits per heavy atom. The van der Waals surface area contributed by atoms with Crippen LogP contribution in [0.4, 0.5) is 11.4 Å². The van der Waals surface area contributed by atoms with Gasteiger partial charge in [-0.05, 0) is 61.9 Å². The van der Waals surface area contributed by atoms with E-state index in [-0.39, 0.29) is 11.8 Å². The van der Waals surface area contributed by atoms with Gasteiger partial charge in [-0.1, -0.05) is 47.5 Å². The van der Waals surface area contributed by atoms with Crippen molar-refractivity contribution in [2.24, 2.45) is 0 Å². The lowest BCUT2D eigenvalue weighted by atomic mass is 10.1. The van der Waals surface area contributed by atoms with Gasteiger partial charge in [-0.2, -0.15) is 0 Å². The number of rotatable bonds is 6. The fraction of sp³-hybridized carbons (Fsp3) is 0.130. The highest BCUT2D eigenvalue weighted by molar-refractivity contribution is 6.34. The minimum atomic E-state index is -0.805. The average molecular weight is 443 g/mol. The fourth-order valence-corrected chi connectivity index (χ4v) is 3.33. The molecule has 3 aromatic carbocycles. The maximum absolute atomic E-state index is 12.6. The summed E-state index contributed by atoms with van der Waals surface area (Å²) in [6, 6.07) is 19.1. The van der Waals surface area contributed by atoms with E-state index in [4.69, 9.17) is 27.9 Å². The molecule has 2 N–H and O–H groups in total. The van der Waals surface area contributed by atoms with Gasteiger partial charge in [-0.3, -0.25) is 9.59 Å². The topological polar surface area (TPSA) is 67.4 Å². The minimum absolute atomic E-state index is 0.257. The van der Waals surface area contributed by atoms with E-state index in [1.54, 1.807) is 62.4 Å². The fourth-order valence-electron chi connectivity index (χ4n) is 2.83. The zero-order chi connectivity index (χ0) is 21.7. The molecule has 0 radical (unpaired) electrons. The van der Waals surface area contributed by atoms with Crippen molar-refractivity contribution in [3.8, 4) is 5.75 Å². The maximum Gasteiger partial charge on any atom is 0.265 e. The van der Waals surface area contributed by atoms with Gasteiger partial charge < -0.3 is 15.4 Å². The number of benzene rings is 3. The predicted octanol–water partition coefficient (Wildman–Crippen LogP) is 5.96. The molecule has 0 bridgehead atoms. The lowest BCUT2D eigenvalue weighted by molar-refractivity contribution is -0.122. The molecule has 0 spiro atoms. The summed E-state index contributed by atoms with van der Waals surface area (Å²) in [4.78, 5) is 25.2. The molecular weight excluding hydrogens is 423 g/mol. The number of carbonyl (C=O) groups is 2. The summed E-state index contributed by atoms with van der Waals surface area (Å²) in [5.41, 5.74) is 2.34. The Labute approximate surface area is 185 Å². The smallest absolute Gasteiger partial charge is 0.265 e. The highest BCUT2D eigenvalue weighted by Gasteiger charge is 2.18. The van der Waals surface area contributed by atoms with Crippen LogP contribution in [0.3, 0.4) is 0 Å². The number of hydrogen-bond donors (Lipinski definition) is 2. The van der Waals surface area contributed by atoms with E-state index in [0.29, 0.717) is 38.3 Å². The van der Waals surface area contributed by atoms with Gasteiger partial charge in [0.1, 0.15) is 5.75 Å². The van der Waals surface area contributed by atoms with Gasteiger partial charge in [0.15, 0.2) is 6.10 Å². The molecule has 0 saturated heterocycles. The Kier molecular flexibility index (Phi) is 6.98. The van der Waals surface area contributed by atoms with E-state index in [2.05, 4.69) is 10.6 Å². The first kappa shape index (κ1) is 21.7. The predicted molar refractivity (Wildman–Crippen MR) is 121 cm³/mol. The van der Waals surface area contributed by atoms with Crippen LogP contribution in [-0.4, -0.2) is 17.9 Å². The Balaban J connectivity index is 1.70. The van der Waals surface area contributed by atoms with Crippen LogP contribution in [0.25, 0.3) is 0 Å². The normalized spacial score (nSPS) is 11.5. The van der Waals surface area contributed by atoms with Crippen LogP contribution in [0.2, 0.25) is 10.0 Å². The highest BCUT2D eigenvalue weighted by Crippen LogP contribution is 2.25. The molecule has 0 aliphatic carbocycles. The molecule has 1 unspecified atom stereocenters. The number of hydrogen-bond acceptors (Lipinski definition) is 3. The van der Waals surface area contributed by atoms with Crippen molar-refractivity contribution < 1.29 is 14.3 Å². The lowest BCUT2D eigenvalue weighted by Crippen LogP contribution is -2.30. The average Bonchev–Trinajstić information content (AvgIpc) is 2.69. The number of nitrogens with one attached hydrogen (secondary N) is 2. The molecular formula is C23H20Cl2N2O3. The molecule has 0 aliphatic rings. The summed E-state index contributed by atoms with van der Waals surface area (Å²) in [5, 5.41) is 6.48. The molecule has 30 heavy (non-hydrogen) atoms. The Morgan fingerprint density at radius 3 is 2.23 bits per heavy atom. The quantitative estimate of drug-likeness (QED) is 0.494. The molecule has 7 heteroatoms. The van der Waals surface area contributed by atoms with Crippen molar-refractivity contribution in [3.63, 3.8) is 0 Å². The molecule has 1 atom stereocenters. The van der Waals surface area contributed by atoms with Gasteiger partial charge in [-0.15, -0.1) is 0 Å². The van der Waals surface area contributed by atoms with Crippen molar-refractivity contribution in [1.82, 2.24) is 0 Å². The number of halogens is 2. The summed E-state index contributed by atoms with van der Waals surface area (Å²) in [5.74, 6) is -0.231. The summed E-state index contributed by atoms with van der Waals surface area (Å²) in [6.45, 7) is 3.39. The molecule has 3 rings (SSSR count). The van der Waals surface area contributed by atoms with E-state index in [9.17, 15) is 9.59 Å². The van der Waals surface area contributed by atoms with Crippen LogP contribution >= 0.6 is 23.2 Å². The third-order valence-corrected chi connectivity index (χ3v) is 4.82. The monoisotopic (exact) mass is 442 g/mol. The number of ether oxygens (including phenoxy) is 1. The third-order valence-electron chi connectivity index (χ3n) is 4.39. The SMILES string of the molecule is Cc1c(NC(=O)C(C)Oc2cc(Cl)cc(Cl)c2)cccc1C(=O)Nc1ccccc1. The molecule has 2 amide bonds. The molecule has 0 heterocycles. The second-order valence-corrected chi connectivity index (χ2v) is 7.53. The molecule has 154 valence electrons. The molecule has 5 nitrogen and oxygen atoms in total. The molecule has 0 aromatic heterocycles. The Hall–Kier alpha value is -3.02. The van der Waals surface area contributed by atoms with Gasteiger partial charge in [0.25, 0.3) is 11.8 Å². The van der Waals surface area contributed by atoms with Crippen molar-refractivity contribution in [2.75, 3.05) is 10.6 Å². The largest absolute Gasteiger partial charge is 0.481 e. The summed E-state index contributed by atoms with van der Waals surface area (Å²) < 4.78 is 5.65. The van der Waals surface area contributed by atoms with Crippen LogP contribution < -0.4 is 15.4 Å². The van der Waals surface area contributed by atoms with Crippen molar-refractivity contribution >= 4 is 46.4 Å². The van der Waals surface area contributed by atoms with Crippen LogP contribution in [0.1, 0.15) is 22.8 Å². The molecule has 0 fully saturated rings. The van der Waals surface area contributed by atoms with Gasteiger partial charge in [0.2, 0.25) is 0 Å². The number of para-hydroxylation sites is 1. The number of amides is 2. The van der Waals surface area contributed by atoms with Crippen LogP contribution in [0, 0.1) is 6.92 Å². The highest BCUT2D eigenvalue weighted by atomic mass is 35.5. The minimum Gasteiger partial charge on any atom is -0.481 e. The van der Waals surface area contributed by atoms with E-state index < -0.39 is 6.10 Å². The molecule has 0 saturated carbocycles. The first-order valence-corrected chi connectivity index (χ1v) is 9.98. The Bertz CT molecular complexity index is 1050. The second kappa shape index (κ2) is 9.65. The standard InChI is InChI=1S/C23H20Cl2N2O3/c1-14-20(23(29)26-18-7-4-3-5-8-18)9-6-10-21(14)27-22(28)15(2)30-19-12-16(24)11-17(25)13-19/h3-13,15H,1-2H3,(H,26,29)(H,27,28). The third kappa shape index (κ3) is 5.53. The van der Waals surface area contributed by atoms with E-state index >= 15 is 0 Å². The van der Waals surface area contributed by atoms with Gasteiger partial charge in [-0.25, -0.2) is 0 Å². The van der Waals surface area contributed by atoms with Crippen molar-refractivity contribution in [2.45, 2.75) is 20.0 Å². The van der Waals surface area contributed by atoms with Crippen LogP contribution in [-0.2, 0) is 4.79 Å². The molecule has 3 aromatic rings. The number of carbonyl (C=O) groups excluding carboxylic acids is 2. The van der Waals surface area contributed by atoms with E-state index in [0.717, 1.165) is 0 Å². The summed E-state index contributed by atoms with van der Waals surface area (Å²) >= 11 is 11.9. The van der Waals surface area contributed by atoms with E-state index in [1.807, 2.05) is 18.2 Å². The van der Waals surface area contributed by atoms with Crippen molar-refractivity contribution in [1.29, 1.82) is 0 Å². The van der Waals surface area contributed by atoms with Gasteiger partial charge in [0.05, 0.1) is 0 Å². The van der Waals surface area contributed by atoms with Crippen molar-refractivity contribution in [3.05, 3.63) is 87.9 Å². The zero-order valence-corrected chi connectivity index (χ0v) is 17.9. The molecule has 0 aliphatic heterocycles. The maximum atomic E-state index is 12.6. The lowest BCUT2D eigenvalue weighted by Gasteiger charge is -2.17. The first-order chi connectivity index (χ1) is 14.3. The number of anilines is 2. The van der Waals surface area contributed by atoms with Gasteiger partial charge in [0, 0.05) is 27.0 Å². The summed E-state index contributed by atoms with van der Waals surface area (Å²) in [6.07, 6.45) is -0.805. The summed E-state index contributed by atoms with van der Waals surface area (Å²) in [7, 11) is 0. The van der Waals surface area contributed by atoms with E-state index in [1.165, 1.54) is 0 Å². The zero-order valence-electron chi connectivity index (χ0n) is 16.4. The van der Waals surface area contributed by atoms with Crippen LogP contribution in [0.15, 0.2) is 66.7 Å². The van der Waals surface area contributed by atoms with Crippen LogP contribution in [0.5, 0.6) is 5.75 Å². The van der Waals surface area contributed by atoms with Gasteiger partial charge >= 0.3 is 0 Å².